The molecule has 176 valence electrons. The smallest absolute Gasteiger partial charge is 0.123 e. The Morgan fingerprint density at radius 2 is 1.78 bits per heavy atom. The highest BCUT2D eigenvalue weighted by Gasteiger charge is 2.61. The fourth-order valence-corrected chi connectivity index (χ4v) is 8.89. The molecule has 32 heavy (non-hydrogen) atoms. The van der Waals surface area contributed by atoms with E-state index < -0.39 is 5.60 Å². The van der Waals surface area contributed by atoms with E-state index in [1.165, 1.54) is 37.0 Å². The van der Waals surface area contributed by atoms with Crippen LogP contribution >= 0.6 is 0 Å². The van der Waals surface area contributed by atoms with Gasteiger partial charge in [0, 0.05) is 0 Å². The van der Waals surface area contributed by atoms with Crippen LogP contribution in [0, 0.1) is 40.3 Å². The molecule has 0 spiro atoms. The minimum atomic E-state index is -0.695. The number of hydrogen-bond acceptors (Lipinski definition) is 2. The molecule has 2 N–H and O–H groups in total. The Morgan fingerprint density at radius 3 is 2.53 bits per heavy atom. The van der Waals surface area contributed by atoms with E-state index in [9.17, 15) is 14.6 Å². The maximum Gasteiger partial charge on any atom is 0.123 e. The van der Waals surface area contributed by atoms with Crippen molar-refractivity contribution in [3.05, 3.63) is 47.3 Å². The summed E-state index contributed by atoms with van der Waals surface area (Å²) in [5.74, 6) is 2.26. The van der Waals surface area contributed by atoms with Gasteiger partial charge in [-0.2, -0.15) is 0 Å². The molecule has 3 fully saturated rings. The van der Waals surface area contributed by atoms with Gasteiger partial charge in [-0.25, -0.2) is 4.39 Å². The van der Waals surface area contributed by atoms with Gasteiger partial charge < -0.3 is 10.2 Å². The number of rotatable bonds is 4. The Kier molecular flexibility index (Phi) is 5.61. The van der Waals surface area contributed by atoms with Gasteiger partial charge in [0.15, 0.2) is 0 Å². The largest absolute Gasteiger partial charge is 0.393 e. The van der Waals surface area contributed by atoms with Crippen molar-refractivity contribution in [2.24, 2.45) is 34.5 Å². The number of allylic oxidation sites excluding steroid dienone is 1. The molecule has 3 heteroatoms. The predicted octanol–water partition coefficient (Wildman–Crippen LogP) is 6.45. The topological polar surface area (TPSA) is 40.5 Å². The number of aliphatic hydroxyl groups is 2. The van der Waals surface area contributed by atoms with Gasteiger partial charge in [0.2, 0.25) is 0 Å². The first kappa shape index (κ1) is 22.6. The van der Waals surface area contributed by atoms with Gasteiger partial charge in [0.05, 0.1) is 11.7 Å². The molecule has 0 bridgehead atoms. The third-order valence-electron chi connectivity index (χ3n) is 10.7. The van der Waals surface area contributed by atoms with Crippen molar-refractivity contribution >= 4 is 0 Å². The van der Waals surface area contributed by atoms with Crippen molar-refractivity contribution < 1.29 is 14.6 Å². The summed E-state index contributed by atoms with van der Waals surface area (Å²) < 4.78 is 13.3. The van der Waals surface area contributed by atoms with E-state index in [1.807, 2.05) is 12.1 Å². The van der Waals surface area contributed by atoms with E-state index in [2.05, 4.69) is 26.8 Å². The number of halogens is 1. The lowest BCUT2D eigenvalue weighted by molar-refractivity contribution is -0.104. The Hall–Kier alpha value is -1.19. The van der Waals surface area contributed by atoms with Crippen molar-refractivity contribution in [3.63, 3.8) is 0 Å². The Morgan fingerprint density at radius 1 is 1.03 bits per heavy atom. The van der Waals surface area contributed by atoms with Crippen LogP contribution in [-0.4, -0.2) is 21.9 Å². The van der Waals surface area contributed by atoms with Gasteiger partial charge in [-0.1, -0.05) is 37.6 Å². The molecule has 5 rings (SSSR count). The first-order valence-corrected chi connectivity index (χ1v) is 13.0. The van der Waals surface area contributed by atoms with Crippen molar-refractivity contribution in [2.45, 2.75) is 96.7 Å². The van der Waals surface area contributed by atoms with Crippen LogP contribution in [0.4, 0.5) is 4.39 Å². The summed E-state index contributed by atoms with van der Waals surface area (Å²) in [5.41, 5.74) is 2.41. The van der Waals surface area contributed by atoms with Crippen LogP contribution in [0.15, 0.2) is 35.9 Å². The molecular weight excluding hydrogens is 399 g/mol. The van der Waals surface area contributed by atoms with Crippen molar-refractivity contribution in [3.8, 4) is 0 Å². The minimum absolute atomic E-state index is 0.146. The van der Waals surface area contributed by atoms with Crippen molar-refractivity contribution in [2.75, 3.05) is 0 Å². The summed E-state index contributed by atoms with van der Waals surface area (Å²) in [6, 6.07) is 6.74. The summed E-state index contributed by atoms with van der Waals surface area (Å²) in [7, 11) is 0. The van der Waals surface area contributed by atoms with Crippen molar-refractivity contribution in [1.29, 1.82) is 0 Å². The maximum atomic E-state index is 13.3. The van der Waals surface area contributed by atoms with Gasteiger partial charge in [-0.15, -0.1) is 0 Å². The highest BCUT2D eigenvalue weighted by molar-refractivity contribution is 5.26. The number of fused-ring (bicyclic) bond motifs is 5. The molecule has 0 heterocycles. The third-order valence-corrected chi connectivity index (χ3v) is 10.7. The van der Waals surface area contributed by atoms with E-state index in [4.69, 9.17) is 0 Å². The third kappa shape index (κ3) is 3.59. The number of aryl methyl sites for hydroxylation is 1. The van der Waals surface area contributed by atoms with Crippen LogP contribution in [0.25, 0.3) is 0 Å². The summed E-state index contributed by atoms with van der Waals surface area (Å²) >= 11 is 0. The van der Waals surface area contributed by atoms with E-state index in [0.29, 0.717) is 11.8 Å². The lowest BCUT2D eigenvalue weighted by Gasteiger charge is -2.59. The molecule has 0 amide bonds. The average Bonchev–Trinajstić information content (AvgIpc) is 3.12. The van der Waals surface area contributed by atoms with E-state index in [0.717, 1.165) is 62.3 Å². The summed E-state index contributed by atoms with van der Waals surface area (Å²) in [6.45, 7) is 7.02. The molecule has 1 aromatic carbocycles. The van der Waals surface area contributed by atoms with Crippen LogP contribution in [0.3, 0.4) is 0 Å². The van der Waals surface area contributed by atoms with Crippen LogP contribution in [-0.2, 0) is 6.42 Å². The first-order chi connectivity index (χ1) is 15.1. The highest BCUT2D eigenvalue weighted by atomic mass is 19.1. The first-order valence-electron chi connectivity index (χ1n) is 13.0. The van der Waals surface area contributed by atoms with Crippen LogP contribution in [0.5, 0.6) is 0 Å². The zero-order valence-corrected chi connectivity index (χ0v) is 20.1. The molecule has 0 saturated heterocycles. The summed E-state index contributed by atoms with van der Waals surface area (Å²) in [6.07, 6.45) is 12.8. The standard InChI is InChI=1S/C29H41FO2/c1-27-15-13-22(31)18-20(27)6-9-23-24-10-11-26(28(24,2)16-14-25(23)27)29(3,32)17-12-19-4-7-21(30)8-5-19/h4-8,22-26,31-32H,9-18H2,1-3H3/t22-,23-,24-,25-,26-,27-,28-,29?/m0/s1. The molecule has 4 aliphatic rings. The van der Waals surface area contributed by atoms with Crippen molar-refractivity contribution in [1.82, 2.24) is 0 Å². The molecule has 4 aliphatic carbocycles. The molecule has 0 radical (unpaired) electrons. The number of aliphatic hydroxyl groups excluding tert-OH is 1. The molecule has 1 aromatic rings. The van der Waals surface area contributed by atoms with Gasteiger partial charge in [0.25, 0.3) is 0 Å². The highest BCUT2D eigenvalue weighted by Crippen LogP contribution is 2.67. The lowest BCUT2D eigenvalue weighted by atomic mass is 9.46. The second kappa shape index (κ2) is 7.94. The quantitative estimate of drug-likeness (QED) is 0.528. The number of hydrogen-bond donors (Lipinski definition) is 2. The zero-order chi connectivity index (χ0) is 22.7. The Balaban J connectivity index is 1.34. The van der Waals surface area contributed by atoms with E-state index in [-0.39, 0.29) is 22.8 Å². The van der Waals surface area contributed by atoms with Crippen LogP contribution in [0.2, 0.25) is 0 Å². The van der Waals surface area contributed by atoms with Gasteiger partial charge in [0.1, 0.15) is 5.82 Å². The fraction of sp³-hybridized carbons (Fsp3) is 0.724. The molecular formula is C29H41FO2. The van der Waals surface area contributed by atoms with Crippen LogP contribution < -0.4 is 0 Å². The van der Waals surface area contributed by atoms with Gasteiger partial charge >= 0.3 is 0 Å². The summed E-state index contributed by atoms with van der Waals surface area (Å²) in [5, 5.41) is 21.9. The molecule has 2 nitrogen and oxygen atoms in total. The molecule has 8 atom stereocenters. The monoisotopic (exact) mass is 440 g/mol. The normalized spacial score (nSPS) is 42.9. The van der Waals surface area contributed by atoms with E-state index in [1.54, 1.807) is 0 Å². The second-order valence-electron chi connectivity index (χ2n) is 12.3. The summed E-state index contributed by atoms with van der Waals surface area (Å²) in [4.78, 5) is 0. The fourth-order valence-electron chi connectivity index (χ4n) is 8.89. The zero-order valence-electron chi connectivity index (χ0n) is 20.1. The molecule has 1 unspecified atom stereocenters. The van der Waals surface area contributed by atoms with Gasteiger partial charge in [-0.05, 0) is 123 Å². The maximum absolute atomic E-state index is 13.3. The second-order valence-corrected chi connectivity index (χ2v) is 12.3. The minimum Gasteiger partial charge on any atom is -0.393 e. The molecule has 0 aromatic heterocycles. The van der Waals surface area contributed by atoms with Crippen LogP contribution in [0.1, 0.15) is 84.1 Å². The Bertz CT molecular complexity index is 874. The lowest BCUT2D eigenvalue weighted by Crippen LogP contribution is -2.53. The SMILES string of the molecule is CC(O)(CCc1ccc(F)cc1)[C@H]1CC[C@H]2[C@@H]3CC=C4C[C@@H](O)CC[C@]4(C)[C@H]3CC[C@]12C. The average molecular weight is 441 g/mol. The molecule has 3 saturated carbocycles. The predicted molar refractivity (Wildman–Crippen MR) is 127 cm³/mol. The number of benzene rings is 1. The Labute approximate surface area is 193 Å². The van der Waals surface area contributed by atoms with E-state index >= 15 is 0 Å². The molecule has 0 aliphatic heterocycles. The van der Waals surface area contributed by atoms with Gasteiger partial charge in [-0.3, -0.25) is 0 Å².